The molecule has 3 N–H and O–H groups in total. The Hall–Kier alpha value is -1.26. The molecule has 2 fully saturated rings. The largest absolute Gasteiger partial charge is 0.409 e. The summed E-state index contributed by atoms with van der Waals surface area (Å²) in [5.74, 6) is 0.510. The van der Waals surface area contributed by atoms with E-state index in [9.17, 15) is 4.79 Å². The van der Waals surface area contributed by atoms with Crippen LogP contribution < -0.4 is 5.73 Å². The van der Waals surface area contributed by atoms with E-state index >= 15 is 0 Å². The number of rotatable bonds is 4. The summed E-state index contributed by atoms with van der Waals surface area (Å²) in [6, 6.07) is 0.290. The SMILES string of the molecule is NC(CN(C(=O)C1CCCC1)C1CCCC1)=NO. The minimum Gasteiger partial charge on any atom is -0.409 e. The fraction of sp³-hybridized carbons (Fsp3) is 0.846. The molecule has 0 atom stereocenters. The molecule has 2 aliphatic rings. The van der Waals surface area contributed by atoms with Crippen LogP contribution in [0, 0.1) is 5.92 Å². The van der Waals surface area contributed by atoms with Crippen molar-refractivity contribution in [1.82, 2.24) is 4.90 Å². The predicted molar refractivity (Wildman–Crippen MR) is 69.3 cm³/mol. The second-order valence-electron chi connectivity index (χ2n) is 5.48. The lowest BCUT2D eigenvalue weighted by Crippen LogP contribution is -2.46. The van der Waals surface area contributed by atoms with E-state index in [-0.39, 0.29) is 24.2 Å². The molecule has 5 heteroatoms. The number of hydrogen-bond acceptors (Lipinski definition) is 3. The van der Waals surface area contributed by atoms with Crippen molar-refractivity contribution in [3.8, 4) is 0 Å². The Labute approximate surface area is 108 Å². The van der Waals surface area contributed by atoms with Gasteiger partial charge in [0.05, 0.1) is 6.54 Å². The van der Waals surface area contributed by atoms with E-state index in [0.29, 0.717) is 6.04 Å². The smallest absolute Gasteiger partial charge is 0.226 e. The number of nitrogens with two attached hydrogens (primary N) is 1. The van der Waals surface area contributed by atoms with Gasteiger partial charge in [-0.3, -0.25) is 4.79 Å². The molecule has 0 radical (unpaired) electrons. The van der Waals surface area contributed by atoms with Gasteiger partial charge in [0.15, 0.2) is 5.84 Å². The van der Waals surface area contributed by atoms with Crippen LogP contribution in [0.2, 0.25) is 0 Å². The molecule has 18 heavy (non-hydrogen) atoms. The highest BCUT2D eigenvalue weighted by Gasteiger charge is 2.33. The minimum atomic E-state index is 0.133. The number of oxime groups is 1. The zero-order valence-corrected chi connectivity index (χ0v) is 10.8. The molecule has 2 rings (SSSR count). The van der Waals surface area contributed by atoms with E-state index in [0.717, 1.165) is 38.5 Å². The zero-order chi connectivity index (χ0) is 13.0. The van der Waals surface area contributed by atoms with Crippen molar-refractivity contribution in [2.45, 2.75) is 57.4 Å². The van der Waals surface area contributed by atoms with E-state index < -0.39 is 0 Å². The first-order valence-electron chi connectivity index (χ1n) is 6.99. The summed E-state index contributed by atoms with van der Waals surface area (Å²) in [5, 5.41) is 11.7. The van der Waals surface area contributed by atoms with E-state index in [1.54, 1.807) is 0 Å². The highest BCUT2D eigenvalue weighted by Crippen LogP contribution is 2.30. The van der Waals surface area contributed by atoms with Gasteiger partial charge in [-0.05, 0) is 25.7 Å². The van der Waals surface area contributed by atoms with Crippen molar-refractivity contribution in [2.24, 2.45) is 16.8 Å². The highest BCUT2D eigenvalue weighted by molar-refractivity contribution is 5.88. The molecule has 5 nitrogen and oxygen atoms in total. The first kappa shape index (κ1) is 13.2. The summed E-state index contributed by atoms with van der Waals surface area (Å²) in [7, 11) is 0. The van der Waals surface area contributed by atoms with Gasteiger partial charge in [0, 0.05) is 12.0 Å². The third-order valence-electron chi connectivity index (χ3n) is 4.21. The van der Waals surface area contributed by atoms with Crippen molar-refractivity contribution >= 4 is 11.7 Å². The number of carbonyl (C=O) groups excluding carboxylic acids is 1. The molecule has 0 heterocycles. The maximum Gasteiger partial charge on any atom is 0.226 e. The van der Waals surface area contributed by atoms with Gasteiger partial charge in [-0.1, -0.05) is 30.8 Å². The van der Waals surface area contributed by atoms with Crippen LogP contribution in [0.15, 0.2) is 5.16 Å². The molecule has 2 saturated carbocycles. The number of amides is 1. The third kappa shape index (κ3) is 2.94. The van der Waals surface area contributed by atoms with Crippen molar-refractivity contribution in [2.75, 3.05) is 6.54 Å². The standard InChI is InChI=1S/C13H23N3O2/c14-12(15-18)9-16(11-7-3-4-8-11)13(17)10-5-1-2-6-10/h10-11,18H,1-9H2,(H2,14,15). The summed E-state index contributed by atoms with van der Waals surface area (Å²) in [4.78, 5) is 14.4. The van der Waals surface area contributed by atoms with Gasteiger partial charge in [-0.15, -0.1) is 0 Å². The summed E-state index contributed by atoms with van der Waals surface area (Å²) in [5.41, 5.74) is 5.58. The molecular weight excluding hydrogens is 230 g/mol. The van der Waals surface area contributed by atoms with Gasteiger partial charge < -0.3 is 15.8 Å². The molecule has 0 spiro atoms. The quantitative estimate of drug-likeness (QED) is 0.346. The molecule has 2 aliphatic carbocycles. The van der Waals surface area contributed by atoms with Gasteiger partial charge in [-0.2, -0.15) is 0 Å². The van der Waals surface area contributed by atoms with Crippen LogP contribution >= 0.6 is 0 Å². The van der Waals surface area contributed by atoms with Crippen LogP contribution in [0.4, 0.5) is 0 Å². The second-order valence-corrected chi connectivity index (χ2v) is 5.48. The lowest BCUT2D eigenvalue weighted by Gasteiger charge is -2.30. The monoisotopic (exact) mass is 253 g/mol. The van der Waals surface area contributed by atoms with Gasteiger partial charge in [0.1, 0.15) is 0 Å². The van der Waals surface area contributed by atoms with E-state index in [1.807, 2.05) is 4.90 Å². The molecule has 0 unspecified atom stereocenters. The number of hydrogen-bond donors (Lipinski definition) is 2. The molecule has 0 aromatic heterocycles. The maximum absolute atomic E-state index is 12.5. The van der Waals surface area contributed by atoms with Crippen molar-refractivity contribution in [3.05, 3.63) is 0 Å². The molecule has 1 amide bonds. The van der Waals surface area contributed by atoms with Crippen LogP contribution in [-0.4, -0.2) is 34.4 Å². The van der Waals surface area contributed by atoms with Crippen molar-refractivity contribution in [1.29, 1.82) is 0 Å². The van der Waals surface area contributed by atoms with E-state index in [2.05, 4.69) is 5.16 Å². The van der Waals surface area contributed by atoms with E-state index in [1.165, 1.54) is 12.8 Å². The third-order valence-corrected chi connectivity index (χ3v) is 4.21. The van der Waals surface area contributed by atoms with Crippen LogP contribution in [0.25, 0.3) is 0 Å². The first-order valence-corrected chi connectivity index (χ1v) is 6.99. The summed E-state index contributed by atoms with van der Waals surface area (Å²) >= 11 is 0. The Balaban J connectivity index is 2.04. The molecular formula is C13H23N3O2. The summed E-state index contributed by atoms with van der Waals surface area (Å²) in [6.45, 7) is 0.274. The molecule has 0 bridgehead atoms. The van der Waals surface area contributed by atoms with E-state index in [4.69, 9.17) is 10.9 Å². The number of carbonyl (C=O) groups is 1. The minimum absolute atomic E-state index is 0.133. The first-order chi connectivity index (χ1) is 8.72. The lowest BCUT2D eigenvalue weighted by atomic mass is 10.0. The number of nitrogens with zero attached hydrogens (tertiary/aromatic N) is 2. The second kappa shape index (κ2) is 6.07. The Bertz CT molecular complexity index is 318. The van der Waals surface area contributed by atoms with Crippen LogP contribution in [0.3, 0.4) is 0 Å². The van der Waals surface area contributed by atoms with Gasteiger partial charge in [-0.25, -0.2) is 0 Å². The molecule has 0 saturated heterocycles. The maximum atomic E-state index is 12.5. The van der Waals surface area contributed by atoms with Gasteiger partial charge in [0.25, 0.3) is 0 Å². The molecule has 0 aromatic rings. The molecule has 0 aliphatic heterocycles. The Morgan fingerprint density at radius 3 is 2.28 bits per heavy atom. The fourth-order valence-corrected chi connectivity index (χ4v) is 3.22. The average molecular weight is 253 g/mol. The molecule has 0 aromatic carbocycles. The lowest BCUT2D eigenvalue weighted by molar-refractivity contribution is -0.136. The number of amidine groups is 1. The Morgan fingerprint density at radius 2 is 1.72 bits per heavy atom. The predicted octanol–water partition coefficient (Wildman–Crippen LogP) is 1.69. The van der Waals surface area contributed by atoms with Crippen LogP contribution in [0.1, 0.15) is 51.4 Å². The topological polar surface area (TPSA) is 78.9 Å². The fourth-order valence-electron chi connectivity index (χ4n) is 3.22. The zero-order valence-electron chi connectivity index (χ0n) is 10.8. The van der Waals surface area contributed by atoms with Crippen LogP contribution in [0.5, 0.6) is 0 Å². The van der Waals surface area contributed by atoms with Gasteiger partial charge in [0.2, 0.25) is 5.91 Å². The van der Waals surface area contributed by atoms with Crippen molar-refractivity contribution in [3.63, 3.8) is 0 Å². The Morgan fingerprint density at radius 1 is 1.17 bits per heavy atom. The van der Waals surface area contributed by atoms with Crippen LogP contribution in [-0.2, 0) is 4.79 Å². The Kier molecular flexibility index (Phi) is 4.44. The van der Waals surface area contributed by atoms with Crippen molar-refractivity contribution < 1.29 is 10.0 Å². The highest BCUT2D eigenvalue weighted by atomic mass is 16.4. The summed E-state index contributed by atoms with van der Waals surface area (Å²) < 4.78 is 0. The van der Waals surface area contributed by atoms with Gasteiger partial charge >= 0.3 is 0 Å². The molecule has 102 valence electrons. The normalized spacial score (nSPS) is 22.6. The average Bonchev–Trinajstić information content (AvgIpc) is 3.06. The summed E-state index contributed by atoms with van der Waals surface area (Å²) in [6.07, 6.45) is 8.76.